The summed E-state index contributed by atoms with van der Waals surface area (Å²) in [5.74, 6) is 0. The van der Waals surface area contributed by atoms with E-state index in [1.54, 1.807) is 12.1 Å². The molecule has 1 N–H and O–H groups in total. The van der Waals surface area contributed by atoms with Gasteiger partial charge >= 0.3 is 6.09 Å². The number of hydrogen-bond donors (Lipinski definition) is 1. The van der Waals surface area contributed by atoms with Crippen LogP contribution in [0.1, 0.15) is 11.1 Å². The maximum Gasteiger partial charge on any atom is 0.449 e. The largest absolute Gasteiger partial charge is 0.588 e. The van der Waals surface area contributed by atoms with Gasteiger partial charge < -0.3 is 9.29 Å². The van der Waals surface area contributed by atoms with Crippen molar-refractivity contribution in [1.29, 1.82) is 0 Å². The molecular formula is C15H15NO3S. The molecule has 1 amide bonds. The highest BCUT2D eigenvalue weighted by Crippen LogP contribution is 2.10. The van der Waals surface area contributed by atoms with Gasteiger partial charge in [-0.1, -0.05) is 48.0 Å². The normalized spacial score (nSPS) is 11.7. The summed E-state index contributed by atoms with van der Waals surface area (Å²) in [5, 5.41) is 0. The van der Waals surface area contributed by atoms with Crippen molar-refractivity contribution in [2.75, 3.05) is 0 Å². The van der Waals surface area contributed by atoms with E-state index in [2.05, 4.69) is 4.72 Å². The Hall–Kier alpha value is -1.98. The van der Waals surface area contributed by atoms with Crippen LogP contribution in [-0.4, -0.2) is 10.6 Å². The van der Waals surface area contributed by atoms with Gasteiger partial charge in [0.25, 0.3) is 0 Å². The second-order valence-electron chi connectivity index (χ2n) is 4.25. The predicted octanol–water partition coefficient (Wildman–Crippen LogP) is 2.94. The quantitative estimate of drug-likeness (QED) is 0.880. The molecule has 1 atom stereocenters. The molecule has 2 rings (SSSR count). The molecule has 1 unspecified atom stereocenters. The van der Waals surface area contributed by atoms with E-state index in [1.807, 2.05) is 49.4 Å². The highest BCUT2D eigenvalue weighted by atomic mass is 32.2. The van der Waals surface area contributed by atoms with E-state index >= 15 is 0 Å². The summed E-state index contributed by atoms with van der Waals surface area (Å²) in [4.78, 5) is 12.1. The van der Waals surface area contributed by atoms with E-state index in [9.17, 15) is 9.35 Å². The molecule has 20 heavy (non-hydrogen) atoms. The Morgan fingerprint density at radius 2 is 1.80 bits per heavy atom. The number of hydrogen-bond acceptors (Lipinski definition) is 3. The van der Waals surface area contributed by atoms with Gasteiger partial charge in [-0.25, -0.2) is 4.79 Å². The SMILES string of the molecule is Cc1ccc([S+]([O-])NC(=O)OCc2ccccc2)cc1. The molecule has 0 spiro atoms. The van der Waals surface area contributed by atoms with Crippen LogP contribution in [0.3, 0.4) is 0 Å². The minimum absolute atomic E-state index is 0.151. The fourth-order valence-electron chi connectivity index (χ4n) is 1.55. The van der Waals surface area contributed by atoms with Crippen LogP contribution in [0.4, 0.5) is 4.79 Å². The van der Waals surface area contributed by atoms with E-state index in [1.165, 1.54) is 0 Å². The number of nitrogens with one attached hydrogen (secondary N) is 1. The van der Waals surface area contributed by atoms with Gasteiger partial charge in [0.05, 0.1) is 0 Å². The zero-order valence-corrected chi connectivity index (χ0v) is 11.9. The number of carbonyl (C=O) groups is 1. The van der Waals surface area contributed by atoms with E-state index in [0.29, 0.717) is 4.90 Å². The van der Waals surface area contributed by atoms with Crippen molar-refractivity contribution in [1.82, 2.24) is 4.72 Å². The number of ether oxygens (including phenoxy) is 1. The third-order valence-electron chi connectivity index (χ3n) is 2.62. The lowest BCUT2D eigenvalue weighted by Crippen LogP contribution is -2.31. The maximum absolute atomic E-state index is 11.9. The third-order valence-corrected chi connectivity index (χ3v) is 3.68. The first kappa shape index (κ1) is 14.4. The van der Waals surface area contributed by atoms with Crippen molar-refractivity contribution in [3.63, 3.8) is 0 Å². The minimum Gasteiger partial charge on any atom is -0.588 e. The number of aryl methyl sites for hydroxylation is 1. The average molecular weight is 289 g/mol. The highest BCUT2D eigenvalue weighted by Gasteiger charge is 2.16. The number of amides is 1. The summed E-state index contributed by atoms with van der Waals surface area (Å²) in [6.45, 7) is 2.09. The van der Waals surface area contributed by atoms with Gasteiger partial charge in [0.1, 0.15) is 18.0 Å². The Kier molecular flexibility index (Phi) is 5.03. The molecule has 5 heteroatoms. The number of benzene rings is 2. The van der Waals surface area contributed by atoms with Gasteiger partial charge in [-0.15, -0.1) is 4.72 Å². The van der Waals surface area contributed by atoms with Crippen molar-refractivity contribution in [2.24, 2.45) is 0 Å². The molecule has 0 radical (unpaired) electrons. The fraction of sp³-hybridized carbons (Fsp3) is 0.133. The Labute approximate surface area is 121 Å². The van der Waals surface area contributed by atoms with Crippen LogP contribution < -0.4 is 4.72 Å². The first-order valence-corrected chi connectivity index (χ1v) is 7.26. The molecule has 4 nitrogen and oxygen atoms in total. The van der Waals surface area contributed by atoms with E-state index in [0.717, 1.165) is 11.1 Å². The molecule has 0 aliphatic carbocycles. The number of rotatable bonds is 4. The Morgan fingerprint density at radius 3 is 2.45 bits per heavy atom. The summed E-state index contributed by atoms with van der Waals surface area (Å²) >= 11 is -1.60. The lowest BCUT2D eigenvalue weighted by molar-refractivity contribution is 0.146. The van der Waals surface area contributed by atoms with Crippen LogP contribution in [0, 0.1) is 6.92 Å². The second kappa shape index (κ2) is 6.98. The van der Waals surface area contributed by atoms with E-state index < -0.39 is 17.5 Å². The van der Waals surface area contributed by atoms with Crippen molar-refractivity contribution < 1.29 is 14.1 Å². The molecule has 0 saturated carbocycles. The smallest absolute Gasteiger partial charge is 0.449 e. The molecular weight excluding hydrogens is 274 g/mol. The monoisotopic (exact) mass is 289 g/mol. The minimum atomic E-state index is -1.60. The van der Waals surface area contributed by atoms with Gasteiger partial charge in [-0.3, -0.25) is 0 Å². The average Bonchev–Trinajstić information content (AvgIpc) is 2.47. The molecule has 0 fully saturated rings. The van der Waals surface area contributed by atoms with Crippen molar-refractivity contribution in [2.45, 2.75) is 18.4 Å². The van der Waals surface area contributed by atoms with Crippen LogP contribution in [-0.2, 0) is 22.7 Å². The van der Waals surface area contributed by atoms with Crippen LogP contribution >= 0.6 is 0 Å². The molecule has 0 bridgehead atoms. The van der Waals surface area contributed by atoms with Crippen LogP contribution in [0.15, 0.2) is 59.5 Å². The van der Waals surface area contributed by atoms with Crippen molar-refractivity contribution in [3.05, 3.63) is 65.7 Å². The summed E-state index contributed by atoms with van der Waals surface area (Å²) in [5.41, 5.74) is 1.95. The predicted molar refractivity (Wildman–Crippen MR) is 77.4 cm³/mol. The molecule has 2 aromatic carbocycles. The van der Waals surface area contributed by atoms with Crippen LogP contribution in [0.2, 0.25) is 0 Å². The fourth-order valence-corrected chi connectivity index (χ4v) is 2.26. The zero-order chi connectivity index (χ0) is 14.4. The van der Waals surface area contributed by atoms with Gasteiger partial charge in [-0.2, -0.15) is 0 Å². The zero-order valence-electron chi connectivity index (χ0n) is 11.0. The number of carbonyl (C=O) groups excluding carboxylic acids is 1. The second-order valence-corrected chi connectivity index (χ2v) is 5.46. The lowest BCUT2D eigenvalue weighted by Gasteiger charge is -2.10. The molecule has 0 aromatic heterocycles. The third kappa shape index (κ3) is 4.29. The highest BCUT2D eigenvalue weighted by molar-refractivity contribution is 7.90. The van der Waals surface area contributed by atoms with Crippen LogP contribution in [0.5, 0.6) is 0 Å². The van der Waals surface area contributed by atoms with Gasteiger partial charge in [0.15, 0.2) is 4.90 Å². The first-order valence-electron chi connectivity index (χ1n) is 6.11. The standard InChI is InChI=1S/C15H15NO3S/c1-12-7-9-14(10-8-12)20(18)16-15(17)19-11-13-5-3-2-4-6-13/h2-10H,11H2,1H3,(H,16,17). The molecule has 2 aromatic rings. The molecule has 0 aliphatic rings. The Bertz CT molecular complexity index is 557. The van der Waals surface area contributed by atoms with Gasteiger partial charge in [0.2, 0.25) is 0 Å². The Morgan fingerprint density at radius 1 is 1.15 bits per heavy atom. The van der Waals surface area contributed by atoms with E-state index in [4.69, 9.17) is 4.74 Å². The topological polar surface area (TPSA) is 61.4 Å². The van der Waals surface area contributed by atoms with Gasteiger partial charge in [0, 0.05) is 0 Å². The summed E-state index contributed by atoms with van der Waals surface area (Å²) in [6, 6.07) is 16.4. The van der Waals surface area contributed by atoms with Crippen LogP contribution in [0.25, 0.3) is 0 Å². The Balaban J connectivity index is 1.83. The molecule has 104 valence electrons. The van der Waals surface area contributed by atoms with Crippen molar-refractivity contribution >= 4 is 17.5 Å². The van der Waals surface area contributed by atoms with Crippen molar-refractivity contribution in [3.8, 4) is 0 Å². The summed E-state index contributed by atoms with van der Waals surface area (Å²) < 4.78 is 19.2. The summed E-state index contributed by atoms with van der Waals surface area (Å²) in [6.07, 6.45) is -0.701. The van der Waals surface area contributed by atoms with Gasteiger partial charge in [-0.05, 0) is 24.6 Å². The lowest BCUT2D eigenvalue weighted by atomic mass is 10.2. The van der Waals surface area contributed by atoms with E-state index in [-0.39, 0.29) is 6.61 Å². The first-order chi connectivity index (χ1) is 9.65. The molecule has 0 heterocycles. The molecule has 0 saturated heterocycles. The summed E-state index contributed by atoms with van der Waals surface area (Å²) in [7, 11) is 0. The molecule has 0 aliphatic heterocycles. The maximum atomic E-state index is 11.9.